The molecule has 3 rings (SSSR count). The summed E-state index contributed by atoms with van der Waals surface area (Å²) in [6.45, 7) is 17.0. The minimum Gasteiger partial charge on any atom is -0.466 e. The van der Waals surface area contributed by atoms with Crippen molar-refractivity contribution >= 4 is 23.0 Å². The molecule has 0 bridgehead atoms. The summed E-state index contributed by atoms with van der Waals surface area (Å²) in [5, 5.41) is 10.9. The lowest BCUT2D eigenvalue weighted by Crippen LogP contribution is -2.52. The first-order valence-electron chi connectivity index (χ1n) is 11.4. The van der Waals surface area contributed by atoms with Crippen LogP contribution in [0.1, 0.15) is 76.4 Å². The zero-order valence-electron chi connectivity index (χ0n) is 21.5. The van der Waals surface area contributed by atoms with E-state index in [1.807, 2.05) is 47.6 Å². The Morgan fingerprint density at radius 3 is 2.38 bits per heavy atom. The molecular weight excluding hydrogens is 434 g/mol. The molecular formula is C25H35N5O4. The van der Waals surface area contributed by atoms with Gasteiger partial charge in [-0.25, -0.2) is 14.5 Å². The van der Waals surface area contributed by atoms with Crippen LogP contribution in [0.15, 0.2) is 22.7 Å². The number of aromatic nitrogens is 3. The number of carbonyl (C=O) groups excluding carboxylic acids is 2. The zero-order valence-corrected chi connectivity index (χ0v) is 21.5. The van der Waals surface area contributed by atoms with Crippen LogP contribution in [0.3, 0.4) is 0 Å². The Bertz CT molecular complexity index is 1210. The highest BCUT2D eigenvalue weighted by Gasteiger charge is 2.26. The first-order valence-corrected chi connectivity index (χ1v) is 11.4. The first kappa shape index (κ1) is 25.3. The number of hydrogen-bond acceptors (Lipinski definition) is 6. The van der Waals surface area contributed by atoms with Crippen LogP contribution in [0, 0.1) is 13.8 Å². The maximum atomic E-state index is 13.5. The van der Waals surface area contributed by atoms with E-state index in [-0.39, 0.29) is 18.5 Å². The third kappa shape index (κ3) is 5.76. The Kier molecular flexibility index (Phi) is 6.78. The third-order valence-electron chi connectivity index (χ3n) is 5.14. The number of furan rings is 1. The molecule has 0 aliphatic heterocycles. The molecule has 0 aliphatic carbocycles. The second-order valence-corrected chi connectivity index (χ2v) is 10.5. The Hall–Kier alpha value is -3.36. The molecule has 184 valence electrons. The van der Waals surface area contributed by atoms with E-state index in [4.69, 9.17) is 14.1 Å². The van der Waals surface area contributed by atoms with Crippen LogP contribution in [0.25, 0.3) is 22.3 Å². The number of hydrogen-bond donors (Lipinski definition) is 2. The van der Waals surface area contributed by atoms with Gasteiger partial charge in [-0.1, -0.05) is 0 Å². The van der Waals surface area contributed by atoms with Gasteiger partial charge in [0, 0.05) is 18.2 Å². The monoisotopic (exact) mass is 469 g/mol. The van der Waals surface area contributed by atoms with Gasteiger partial charge in [0.05, 0.1) is 28.4 Å². The summed E-state index contributed by atoms with van der Waals surface area (Å²) in [6, 6.07) is 3.74. The topological polar surface area (TPSA) is 111 Å². The summed E-state index contributed by atoms with van der Waals surface area (Å²) in [4.78, 5) is 30.3. The Balaban J connectivity index is 1.94. The van der Waals surface area contributed by atoms with E-state index in [2.05, 4.69) is 15.7 Å². The number of pyridine rings is 1. The number of rotatable bonds is 6. The molecule has 0 unspecified atom stereocenters. The summed E-state index contributed by atoms with van der Waals surface area (Å²) in [5.74, 6) is 1.21. The van der Waals surface area contributed by atoms with Gasteiger partial charge in [-0.2, -0.15) is 5.10 Å². The molecule has 34 heavy (non-hydrogen) atoms. The summed E-state index contributed by atoms with van der Waals surface area (Å²) >= 11 is 0. The number of alkyl carbamates (subject to hydrolysis) is 1. The van der Waals surface area contributed by atoms with Gasteiger partial charge in [0.15, 0.2) is 5.65 Å². The van der Waals surface area contributed by atoms with Crippen LogP contribution in [0.4, 0.5) is 4.79 Å². The van der Waals surface area contributed by atoms with Crippen molar-refractivity contribution in [3.63, 3.8) is 0 Å². The van der Waals surface area contributed by atoms with E-state index >= 15 is 0 Å². The van der Waals surface area contributed by atoms with Gasteiger partial charge >= 0.3 is 6.09 Å². The van der Waals surface area contributed by atoms with E-state index in [9.17, 15) is 9.59 Å². The van der Waals surface area contributed by atoms with Gasteiger partial charge in [0.25, 0.3) is 5.91 Å². The van der Waals surface area contributed by atoms with Crippen molar-refractivity contribution < 1.29 is 18.7 Å². The minimum atomic E-state index is -0.736. The van der Waals surface area contributed by atoms with Gasteiger partial charge in [0.2, 0.25) is 0 Å². The minimum absolute atomic E-state index is 0.0674. The number of nitrogens with one attached hydrogen (secondary N) is 2. The highest BCUT2D eigenvalue weighted by atomic mass is 16.6. The second-order valence-electron chi connectivity index (χ2n) is 10.5. The van der Waals surface area contributed by atoms with Crippen LogP contribution in [0.5, 0.6) is 0 Å². The number of nitrogens with zero attached hydrogens (tertiary/aromatic N) is 3. The van der Waals surface area contributed by atoms with Gasteiger partial charge < -0.3 is 19.8 Å². The smallest absolute Gasteiger partial charge is 0.407 e. The molecule has 9 heteroatoms. The van der Waals surface area contributed by atoms with Gasteiger partial charge in [-0.05, 0) is 74.4 Å². The Labute approximate surface area is 200 Å². The highest BCUT2D eigenvalue weighted by molar-refractivity contribution is 6.06. The largest absolute Gasteiger partial charge is 0.466 e. The summed E-state index contributed by atoms with van der Waals surface area (Å²) in [6.07, 6.45) is 1.13. The van der Waals surface area contributed by atoms with Gasteiger partial charge in [0.1, 0.15) is 17.1 Å². The average molecular weight is 470 g/mol. The number of fused-ring (bicyclic) bond motifs is 1. The van der Waals surface area contributed by atoms with Crippen molar-refractivity contribution in [1.82, 2.24) is 25.4 Å². The molecule has 0 aliphatic rings. The SMILES string of the molecule is Cc1cc(-c2cc(C(=O)NC(C)(C)CNC(=O)OC(C)(C)C)c3cnn(C(C)C)c3n2)c(C)o1. The molecule has 0 fully saturated rings. The quantitative estimate of drug-likeness (QED) is 0.530. The first-order chi connectivity index (χ1) is 15.7. The molecule has 0 saturated heterocycles. The predicted molar refractivity (Wildman–Crippen MR) is 131 cm³/mol. The summed E-state index contributed by atoms with van der Waals surface area (Å²) in [5.41, 5.74) is 1.21. The Morgan fingerprint density at radius 1 is 1.15 bits per heavy atom. The number of amides is 2. The molecule has 0 saturated carbocycles. The van der Waals surface area contributed by atoms with E-state index < -0.39 is 17.2 Å². The van der Waals surface area contributed by atoms with E-state index in [0.29, 0.717) is 22.3 Å². The summed E-state index contributed by atoms with van der Waals surface area (Å²) < 4.78 is 12.8. The molecule has 0 radical (unpaired) electrons. The molecule has 3 aromatic heterocycles. The van der Waals surface area contributed by atoms with Gasteiger partial charge in [-0.3, -0.25) is 4.79 Å². The third-order valence-corrected chi connectivity index (χ3v) is 5.14. The molecule has 0 aromatic carbocycles. The van der Waals surface area contributed by atoms with Crippen molar-refractivity contribution in [1.29, 1.82) is 0 Å². The maximum Gasteiger partial charge on any atom is 0.407 e. The van der Waals surface area contributed by atoms with E-state index in [1.54, 1.807) is 37.7 Å². The van der Waals surface area contributed by atoms with Crippen molar-refractivity contribution in [3.05, 3.63) is 35.4 Å². The lowest BCUT2D eigenvalue weighted by atomic mass is 10.0. The molecule has 2 N–H and O–H groups in total. The van der Waals surface area contributed by atoms with Crippen LogP contribution in [-0.2, 0) is 4.74 Å². The normalized spacial score (nSPS) is 12.3. The highest BCUT2D eigenvalue weighted by Crippen LogP contribution is 2.30. The number of aryl methyl sites for hydroxylation is 2. The Morgan fingerprint density at radius 2 is 1.82 bits per heavy atom. The fourth-order valence-electron chi connectivity index (χ4n) is 3.63. The van der Waals surface area contributed by atoms with Crippen molar-refractivity contribution in [3.8, 4) is 11.3 Å². The average Bonchev–Trinajstić information content (AvgIpc) is 3.26. The van der Waals surface area contributed by atoms with Crippen LogP contribution in [0.2, 0.25) is 0 Å². The van der Waals surface area contributed by atoms with Crippen molar-refractivity contribution in [2.24, 2.45) is 0 Å². The molecule has 3 aromatic rings. The van der Waals surface area contributed by atoms with E-state index in [0.717, 1.165) is 17.1 Å². The number of carbonyl (C=O) groups is 2. The van der Waals surface area contributed by atoms with Crippen molar-refractivity contribution in [2.45, 2.75) is 79.5 Å². The van der Waals surface area contributed by atoms with Crippen LogP contribution < -0.4 is 10.6 Å². The van der Waals surface area contributed by atoms with Crippen molar-refractivity contribution in [2.75, 3.05) is 6.54 Å². The fourth-order valence-corrected chi connectivity index (χ4v) is 3.63. The van der Waals surface area contributed by atoms with Gasteiger partial charge in [-0.15, -0.1) is 0 Å². The fraction of sp³-hybridized carbons (Fsp3) is 0.520. The van der Waals surface area contributed by atoms with Crippen LogP contribution >= 0.6 is 0 Å². The second kappa shape index (κ2) is 9.12. The number of ether oxygens (including phenoxy) is 1. The maximum absolute atomic E-state index is 13.5. The molecule has 9 nitrogen and oxygen atoms in total. The lowest BCUT2D eigenvalue weighted by Gasteiger charge is -2.28. The summed E-state index contributed by atoms with van der Waals surface area (Å²) in [7, 11) is 0. The standard InChI is InChI=1S/C25H35N5O4/c1-14(2)30-21-19(12-27-30)18(11-20(28-21)17-10-15(3)33-16(17)4)22(31)29-25(8,9)13-26-23(32)34-24(5,6)7/h10-12,14H,13H2,1-9H3,(H,26,32)(H,29,31). The molecule has 3 heterocycles. The van der Waals surface area contributed by atoms with E-state index in [1.165, 1.54) is 0 Å². The predicted octanol–water partition coefficient (Wildman–Crippen LogP) is 4.92. The molecule has 2 amide bonds. The zero-order chi connectivity index (χ0) is 25.4. The molecule has 0 spiro atoms. The lowest BCUT2D eigenvalue weighted by molar-refractivity contribution is 0.0509. The van der Waals surface area contributed by atoms with Crippen LogP contribution in [-0.4, -0.2) is 44.4 Å². The molecule has 0 atom stereocenters.